The van der Waals surface area contributed by atoms with Gasteiger partial charge in [-0.1, -0.05) is 0 Å². The molecule has 1 atom stereocenters. The third kappa shape index (κ3) is 3.93. The van der Waals surface area contributed by atoms with Gasteiger partial charge in [-0.2, -0.15) is 0 Å². The van der Waals surface area contributed by atoms with E-state index in [4.69, 9.17) is 4.74 Å². The Morgan fingerprint density at radius 2 is 2.03 bits per heavy atom. The fourth-order valence-electron chi connectivity index (χ4n) is 3.78. The zero-order valence-corrected chi connectivity index (χ0v) is 17.5. The van der Waals surface area contributed by atoms with E-state index >= 15 is 4.39 Å². The molecule has 0 amide bonds. The second-order valence-corrected chi connectivity index (χ2v) is 7.52. The van der Waals surface area contributed by atoms with Gasteiger partial charge in [-0.3, -0.25) is 9.36 Å². The van der Waals surface area contributed by atoms with Crippen LogP contribution in [0.2, 0.25) is 0 Å². The Morgan fingerprint density at radius 3 is 2.72 bits per heavy atom. The van der Waals surface area contributed by atoms with Crippen LogP contribution in [0.5, 0.6) is 0 Å². The van der Waals surface area contributed by atoms with E-state index in [1.165, 1.54) is 0 Å². The molecule has 32 heavy (non-hydrogen) atoms. The van der Waals surface area contributed by atoms with Crippen molar-refractivity contribution in [1.29, 1.82) is 0 Å². The lowest BCUT2D eigenvalue weighted by Gasteiger charge is -2.33. The lowest BCUT2D eigenvalue weighted by molar-refractivity contribution is 0.0524. The van der Waals surface area contributed by atoms with Crippen molar-refractivity contribution in [1.82, 2.24) is 14.9 Å². The number of hydrogen-bond donors (Lipinski definition) is 1. The highest BCUT2D eigenvalue weighted by molar-refractivity contribution is 5.94. The van der Waals surface area contributed by atoms with Gasteiger partial charge >= 0.3 is 5.97 Å². The van der Waals surface area contributed by atoms with E-state index in [1.54, 1.807) is 11.8 Å². The standard InChI is InChI=1S/C22H21F3N4O3/c1-3-32-22(31)15-11-29(18-5-4-13(23)8-16(18)24)20-14(19(15)30)9-17(25)21(27-20)28-7-6-26-12(2)10-28/h4-5,8-9,11-12,26H,3,6-7,10H2,1-2H3. The van der Waals surface area contributed by atoms with Crippen molar-refractivity contribution in [3.05, 3.63) is 63.7 Å². The van der Waals surface area contributed by atoms with E-state index in [-0.39, 0.29) is 35.2 Å². The minimum atomic E-state index is -0.937. The van der Waals surface area contributed by atoms with Crippen molar-refractivity contribution in [3.63, 3.8) is 0 Å². The van der Waals surface area contributed by atoms with E-state index in [0.29, 0.717) is 25.7 Å². The van der Waals surface area contributed by atoms with Crippen LogP contribution in [0, 0.1) is 17.5 Å². The highest BCUT2D eigenvalue weighted by Gasteiger charge is 2.25. The molecule has 1 aliphatic heterocycles. The van der Waals surface area contributed by atoms with Gasteiger partial charge in [0, 0.05) is 37.9 Å². The van der Waals surface area contributed by atoms with Crippen LogP contribution in [-0.4, -0.2) is 47.8 Å². The van der Waals surface area contributed by atoms with Crippen LogP contribution < -0.4 is 15.6 Å². The normalized spacial score (nSPS) is 16.4. The Kier molecular flexibility index (Phi) is 5.88. The van der Waals surface area contributed by atoms with Gasteiger partial charge in [-0.25, -0.2) is 22.9 Å². The minimum Gasteiger partial charge on any atom is -0.462 e. The molecule has 168 valence electrons. The summed E-state index contributed by atoms with van der Waals surface area (Å²) in [4.78, 5) is 31.4. The maximum Gasteiger partial charge on any atom is 0.343 e. The molecule has 1 saturated heterocycles. The van der Waals surface area contributed by atoms with Crippen molar-refractivity contribution in [3.8, 4) is 5.69 Å². The summed E-state index contributed by atoms with van der Waals surface area (Å²) in [5.41, 5.74) is -1.41. The molecule has 7 nitrogen and oxygen atoms in total. The number of ether oxygens (including phenoxy) is 1. The molecule has 1 aromatic carbocycles. The van der Waals surface area contributed by atoms with Crippen LogP contribution in [-0.2, 0) is 4.74 Å². The lowest BCUT2D eigenvalue weighted by Crippen LogP contribution is -2.49. The fraction of sp³-hybridized carbons (Fsp3) is 0.318. The van der Waals surface area contributed by atoms with E-state index in [9.17, 15) is 18.4 Å². The van der Waals surface area contributed by atoms with Crippen LogP contribution in [0.25, 0.3) is 16.7 Å². The summed E-state index contributed by atoms with van der Waals surface area (Å²) in [5.74, 6) is -3.40. The summed E-state index contributed by atoms with van der Waals surface area (Å²) >= 11 is 0. The Labute approximate surface area is 181 Å². The first kappa shape index (κ1) is 21.8. The summed E-state index contributed by atoms with van der Waals surface area (Å²) in [6, 6.07) is 3.94. The van der Waals surface area contributed by atoms with Gasteiger partial charge in [-0.15, -0.1) is 0 Å². The van der Waals surface area contributed by atoms with Gasteiger partial charge in [0.1, 0.15) is 17.2 Å². The summed E-state index contributed by atoms with van der Waals surface area (Å²) in [6.45, 7) is 5.09. The second-order valence-electron chi connectivity index (χ2n) is 7.52. The number of nitrogens with zero attached hydrogens (tertiary/aromatic N) is 3. The molecule has 0 spiro atoms. The zero-order chi connectivity index (χ0) is 23.0. The van der Waals surface area contributed by atoms with Gasteiger partial charge in [0.2, 0.25) is 5.43 Å². The van der Waals surface area contributed by atoms with E-state index in [1.807, 2.05) is 6.92 Å². The smallest absolute Gasteiger partial charge is 0.343 e. The number of rotatable bonds is 4. The summed E-state index contributed by atoms with van der Waals surface area (Å²) in [7, 11) is 0. The third-order valence-electron chi connectivity index (χ3n) is 5.25. The van der Waals surface area contributed by atoms with Crippen molar-refractivity contribution < 1.29 is 22.7 Å². The molecule has 1 fully saturated rings. The highest BCUT2D eigenvalue weighted by atomic mass is 19.1. The zero-order valence-electron chi connectivity index (χ0n) is 17.5. The minimum absolute atomic E-state index is 0.00500. The van der Waals surface area contributed by atoms with E-state index in [0.717, 1.165) is 29.0 Å². The lowest BCUT2D eigenvalue weighted by atomic mass is 10.1. The Bertz CT molecular complexity index is 1260. The van der Waals surface area contributed by atoms with Crippen molar-refractivity contribution in [2.75, 3.05) is 31.1 Å². The van der Waals surface area contributed by atoms with E-state index < -0.39 is 34.4 Å². The predicted molar refractivity (Wildman–Crippen MR) is 113 cm³/mol. The van der Waals surface area contributed by atoms with Crippen LogP contribution in [0.3, 0.4) is 0 Å². The SMILES string of the molecule is CCOC(=O)c1cn(-c2ccc(F)cc2F)c2nc(N3CCNC(C)C3)c(F)cc2c1=O. The molecule has 0 saturated carbocycles. The average Bonchev–Trinajstić information content (AvgIpc) is 2.74. The molecule has 4 rings (SSSR count). The number of hydrogen-bond acceptors (Lipinski definition) is 6. The second kappa shape index (κ2) is 8.62. The number of pyridine rings is 2. The monoisotopic (exact) mass is 446 g/mol. The molecule has 0 aliphatic carbocycles. The number of halogens is 3. The maximum atomic E-state index is 15.0. The van der Waals surface area contributed by atoms with E-state index in [2.05, 4.69) is 10.3 Å². The van der Waals surface area contributed by atoms with Crippen molar-refractivity contribution in [2.24, 2.45) is 0 Å². The number of carbonyl (C=O) groups excluding carboxylic acids is 1. The average molecular weight is 446 g/mol. The fourth-order valence-corrected chi connectivity index (χ4v) is 3.78. The molecular weight excluding hydrogens is 425 g/mol. The van der Waals surface area contributed by atoms with Crippen molar-refractivity contribution >= 4 is 22.8 Å². The number of carbonyl (C=O) groups is 1. The number of benzene rings is 1. The molecular formula is C22H21F3N4O3. The summed E-state index contributed by atoms with van der Waals surface area (Å²) in [5, 5.41) is 3.03. The highest BCUT2D eigenvalue weighted by Crippen LogP contribution is 2.25. The first-order chi connectivity index (χ1) is 15.3. The molecule has 3 heterocycles. The van der Waals surface area contributed by atoms with Crippen LogP contribution in [0.1, 0.15) is 24.2 Å². The number of anilines is 1. The van der Waals surface area contributed by atoms with Gasteiger partial charge in [0.05, 0.1) is 17.7 Å². The number of fused-ring (bicyclic) bond motifs is 1. The van der Waals surface area contributed by atoms with Gasteiger partial charge < -0.3 is 15.0 Å². The van der Waals surface area contributed by atoms with Gasteiger partial charge in [0.15, 0.2) is 17.3 Å². The van der Waals surface area contributed by atoms with Crippen LogP contribution in [0.15, 0.2) is 35.3 Å². The number of piperazine rings is 1. The Balaban J connectivity index is 2.01. The number of nitrogens with one attached hydrogen (secondary N) is 1. The molecule has 0 radical (unpaired) electrons. The first-order valence-electron chi connectivity index (χ1n) is 10.2. The van der Waals surface area contributed by atoms with Crippen molar-refractivity contribution in [2.45, 2.75) is 19.9 Å². The number of esters is 1. The summed E-state index contributed by atoms with van der Waals surface area (Å²) < 4.78 is 49.3. The predicted octanol–water partition coefficient (Wildman–Crippen LogP) is 2.78. The molecule has 1 N–H and O–H groups in total. The van der Waals surface area contributed by atoms with Gasteiger partial charge in [0.25, 0.3) is 0 Å². The third-order valence-corrected chi connectivity index (χ3v) is 5.25. The Hall–Kier alpha value is -3.40. The topological polar surface area (TPSA) is 76.5 Å². The molecule has 3 aromatic rings. The molecule has 10 heteroatoms. The number of aromatic nitrogens is 2. The van der Waals surface area contributed by atoms with Gasteiger partial charge in [-0.05, 0) is 32.0 Å². The molecule has 1 unspecified atom stereocenters. The molecule has 2 aromatic heterocycles. The quantitative estimate of drug-likeness (QED) is 0.622. The first-order valence-corrected chi connectivity index (χ1v) is 10.2. The summed E-state index contributed by atoms with van der Waals surface area (Å²) in [6.07, 6.45) is 1.09. The maximum absolute atomic E-state index is 15.0. The van der Waals surface area contributed by atoms with Crippen LogP contribution in [0.4, 0.5) is 19.0 Å². The van der Waals surface area contributed by atoms with Crippen LogP contribution >= 0.6 is 0 Å². The molecule has 1 aliphatic rings. The molecule has 0 bridgehead atoms. The largest absolute Gasteiger partial charge is 0.462 e. The Morgan fingerprint density at radius 1 is 1.25 bits per heavy atom.